The highest BCUT2D eigenvalue weighted by Crippen LogP contribution is 2.09. The largest absolute Gasteiger partial charge is 0.298 e. The van der Waals surface area contributed by atoms with Gasteiger partial charge in [-0.15, -0.1) is 0 Å². The Balaban J connectivity index is 2.81. The Labute approximate surface area is 87.3 Å². The molecule has 1 aliphatic heterocycles. The van der Waals surface area contributed by atoms with Crippen LogP contribution in [0.5, 0.6) is 0 Å². The van der Waals surface area contributed by atoms with Gasteiger partial charge in [0.1, 0.15) is 12.6 Å². The van der Waals surface area contributed by atoms with Gasteiger partial charge in [-0.2, -0.15) is 0 Å². The molecule has 1 rings (SSSR count). The molecule has 6 heteroatoms. The number of rotatable bonds is 3. The smallest absolute Gasteiger partial charge is 0.266 e. The minimum absolute atomic E-state index is 0.128. The van der Waals surface area contributed by atoms with Crippen LogP contribution < -0.4 is 5.43 Å². The molecular weight excluding hydrogens is 198 g/mol. The van der Waals surface area contributed by atoms with E-state index in [2.05, 4.69) is 17.1 Å². The second kappa shape index (κ2) is 4.68. The number of Topliss-reactive ketones (excluding diaryl/α,β-unsaturated/α-hetero) is 1. The summed E-state index contributed by atoms with van der Waals surface area (Å²) in [7, 11) is 0. The zero-order chi connectivity index (χ0) is 11.4. The molecule has 0 saturated carbocycles. The van der Waals surface area contributed by atoms with Gasteiger partial charge in [-0.3, -0.25) is 24.8 Å². The van der Waals surface area contributed by atoms with E-state index in [-0.39, 0.29) is 30.6 Å². The molecule has 0 aromatic carbocycles. The van der Waals surface area contributed by atoms with Gasteiger partial charge in [0, 0.05) is 6.42 Å². The maximum absolute atomic E-state index is 11.7. The molecule has 1 unspecified atom stereocenters. The topological polar surface area (TPSA) is 78.8 Å². The summed E-state index contributed by atoms with van der Waals surface area (Å²) in [5.74, 6) is -0.866. The zero-order valence-electron chi connectivity index (χ0n) is 8.52. The summed E-state index contributed by atoms with van der Waals surface area (Å²) in [6.45, 7) is 4.51. The number of carbonyl (C=O) groups is 3. The SMILES string of the molecule is C=NC1CCC(=O)NN(CC(C)=O)C1=O. The lowest BCUT2D eigenvalue weighted by Crippen LogP contribution is -2.49. The van der Waals surface area contributed by atoms with Crippen LogP contribution in [0.4, 0.5) is 0 Å². The number of hydrogen-bond donors (Lipinski definition) is 1. The highest BCUT2D eigenvalue weighted by Gasteiger charge is 2.29. The van der Waals surface area contributed by atoms with E-state index in [1.165, 1.54) is 6.92 Å². The maximum atomic E-state index is 11.7. The lowest BCUT2D eigenvalue weighted by atomic mass is 10.1. The van der Waals surface area contributed by atoms with E-state index in [0.29, 0.717) is 6.42 Å². The van der Waals surface area contributed by atoms with Crippen LogP contribution in [0.3, 0.4) is 0 Å². The van der Waals surface area contributed by atoms with Crippen LogP contribution in [0.25, 0.3) is 0 Å². The first kappa shape index (κ1) is 11.4. The quantitative estimate of drug-likeness (QED) is 0.627. The Morgan fingerprint density at radius 3 is 2.87 bits per heavy atom. The monoisotopic (exact) mass is 211 g/mol. The molecule has 0 bridgehead atoms. The Hall–Kier alpha value is -1.72. The molecule has 1 atom stereocenters. The van der Waals surface area contributed by atoms with Crippen molar-refractivity contribution in [1.29, 1.82) is 0 Å². The summed E-state index contributed by atoms with van der Waals surface area (Å²) in [5.41, 5.74) is 2.36. The molecule has 1 fully saturated rings. The van der Waals surface area contributed by atoms with Crippen LogP contribution in [0.1, 0.15) is 19.8 Å². The van der Waals surface area contributed by atoms with Gasteiger partial charge >= 0.3 is 0 Å². The predicted molar refractivity (Wildman–Crippen MR) is 53.1 cm³/mol. The fraction of sp³-hybridized carbons (Fsp3) is 0.556. The fourth-order valence-electron chi connectivity index (χ4n) is 1.34. The van der Waals surface area contributed by atoms with Crippen molar-refractivity contribution in [3.8, 4) is 0 Å². The van der Waals surface area contributed by atoms with E-state index in [9.17, 15) is 14.4 Å². The molecule has 1 N–H and O–H groups in total. The minimum atomic E-state index is -0.636. The number of amides is 2. The van der Waals surface area contributed by atoms with Crippen molar-refractivity contribution in [2.45, 2.75) is 25.8 Å². The van der Waals surface area contributed by atoms with Crippen LogP contribution in [0, 0.1) is 0 Å². The van der Waals surface area contributed by atoms with Gasteiger partial charge in [-0.05, 0) is 20.1 Å². The van der Waals surface area contributed by atoms with Crippen LogP contribution in [0.15, 0.2) is 4.99 Å². The summed E-state index contributed by atoms with van der Waals surface area (Å²) < 4.78 is 0. The molecule has 15 heavy (non-hydrogen) atoms. The third-order valence-electron chi connectivity index (χ3n) is 2.06. The van der Waals surface area contributed by atoms with Crippen molar-refractivity contribution in [3.05, 3.63) is 0 Å². The van der Waals surface area contributed by atoms with Gasteiger partial charge in [0.2, 0.25) is 5.91 Å². The maximum Gasteiger partial charge on any atom is 0.266 e. The molecule has 6 nitrogen and oxygen atoms in total. The summed E-state index contributed by atoms with van der Waals surface area (Å²) in [5, 5.41) is 1.01. The van der Waals surface area contributed by atoms with E-state index in [0.717, 1.165) is 5.01 Å². The van der Waals surface area contributed by atoms with Crippen molar-refractivity contribution >= 4 is 24.3 Å². The molecule has 82 valence electrons. The van der Waals surface area contributed by atoms with Gasteiger partial charge in [0.15, 0.2) is 5.78 Å². The summed E-state index contributed by atoms with van der Waals surface area (Å²) >= 11 is 0. The molecular formula is C9H13N3O3. The number of ketones is 1. The number of hydrogen-bond acceptors (Lipinski definition) is 4. The normalized spacial score (nSPS) is 21.9. The van der Waals surface area contributed by atoms with Crippen molar-refractivity contribution in [2.24, 2.45) is 4.99 Å². The second-order valence-electron chi connectivity index (χ2n) is 3.40. The lowest BCUT2D eigenvalue weighted by Gasteiger charge is -2.21. The van der Waals surface area contributed by atoms with E-state index in [4.69, 9.17) is 0 Å². The average molecular weight is 211 g/mol. The summed E-state index contributed by atoms with van der Waals surface area (Å²) in [6.07, 6.45) is 0.548. The highest BCUT2D eigenvalue weighted by molar-refractivity contribution is 5.91. The first-order valence-corrected chi connectivity index (χ1v) is 4.60. The lowest BCUT2D eigenvalue weighted by molar-refractivity contribution is -0.142. The Kier molecular flexibility index (Phi) is 3.54. The highest BCUT2D eigenvalue weighted by atomic mass is 16.2. The van der Waals surface area contributed by atoms with Crippen LogP contribution in [0.2, 0.25) is 0 Å². The van der Waals surface area contributed by atoms with Gasteiger partial charge in [-0.25, -0.2) is 5.01 Å². The molecule has 0 aromatic rings. The Morgan fingerprint density at radius 1 is 1.67 bits per heavy atom. The van der Waals surface area contributed by atoms with Crippen molar-refractivity contribution in [3.63, 3.8) is 0 Å². The third kappa shape index (κ3) is 2.87. The Bertz CT molecular complexity index is 314. The van der Waals surface area contributed by atoms with Crippen LogP contribution in [-0.4, -0.2) is 41.9 Å². The number of carbonyl (C=O) groups excluding carboxylic acids is 3. The van der Waals surface area contributed by atoms with Crippen molar-refractivity contribution < 1.29 is 14.4 Å². The molecule has 1 aliphatic rings. The standard InChI is InChI=1S/C9H13N3O3/c1-6(13)5-12-9(15)7(10-2)3-4-8(14)11-12/h7H,2-5H2,1H3,(H,11,14). The number of hydrazine groups is 1. The van der Waals surface area contributed by atoms with E-state index in [1.807, 2.05) is 0 Å². The Morgan fingerprint density at radius 2 is 2.33 bits per heavy atom. The number of aliphatic imine (C=N–C) groups is 1. The van der Waals surface area contributed by atoms with Crippen LogP contribution >= 0.6 is 0 Å². The molecule has 1 saturated heterocycles. The van der Waals surface area contributed by atoms with Gasteiger partial charge < -0.3 is 0 Å². The zero-order valence-corrected chi connectivity index (χ0v) is 8.52. The average Bonchev–Trinajstić information content (AvgIpc) is 2.27. The van der Waals surface area contributed by atoms with Gasteiger partial charge in [0.05, 0.1) is 0 Å². The fourth-order valence-corrected chi connectivity index (χ4v) is 1.34. The summed E-state index contributed by atoms with van der Waals surface area (Å²) in [6, 6.07) is -0.636. The summed E-state index contributed by atoms with van der Waals surface area (Å²) in [4.78, 5) is 37.4. The molecule has 0 radical (unpaired) electrons. The minimum Gasteiger partial charge on any atom is -0.298 e. The van der Waals surface area contributed by atoms with Crippen LogP contribution in [-0.2, 0) is 14.4 Å². The van der Waals surface area contributed by atoms with Gasteiger partial charge in [-0.1, -0.05) is 0 Å². The number of nitrogens with one attached hydrogen (secondary N) is 1. The molecule has 0 aromatic heterocycles. The van der Waals surface area contributed by atoms with E-state index < -0.39 is 6.04 Å². The molecule has 0 spiro atoms. The van der Waals surface area contributed by atoms with E-state index >= 15 is 0 Å². The van der Waals surface area contributed by atoms with E-state index in [1.54, 1.807) is 0 Å². The third-order valence-corrected chi connectivity index (χ3v) is 2.06. The van der Waals surface area contributed by atoms with Crippen molar-refractivity contribution in [1.82, 2.24) is 10.4 Å². The first-order chi connectivity index (χ1) is 7.04. The molecule has 1 heterocycles. The first-order valence-electron chi connectivity index (χ1n) is 4.60. The number of nitrogens with zero attached hydrogens (tertiary/aromatic N) is 2. The molecule has 2 amide bonds. The second-order valence-corrected chi connectivity index (χ2v) is 3.40. The predicted octanol–water partition coefficient (Wildman–Crippen LogP) is -0.702. The van der Waals surface area contributed by atoms with Gasteiger partial charge in [0.25, 0.3) is 5.91 Å². The molecule has 0 aliphatic carbocycles. The van der Waals surface area contributed by atoms with Crippen molar-refractivity contribution in [2.75, 3.05) is 6.54 Å².